The molecule has 0 aliphatic rings. The van der Waals surface area contributed by atoms with Gasteiger partial charge in [-0.15, -0.1) is 0 Å². The Morgan fingerprint density at radius 1 is 1.19 bits per heavy atom. The van der Waals surface area contributed by atoms with Gasteiger partial charge in [-0.1, -0.05) is 13.8 Å². The van der Waals surface area contributed by atoms with Crippen LogP contribution in [-0.2, 0) is 4.79 Å². The highest BCUT2D eigenvalue weighted by atomic mass is 16.5. The third kappa shape index (κ3) is 6.42. The predicted molar refractivity (Wildman–Crippen MR) is 75.3 cm³/mol. The zero-order valence-corrected chi connectivity index (χ0v) is 11.9. The molecule has 0 aromatic heterocycles. The van der Waals surface area contributed by atoms with Crippen LogP contribution < -0.4 is 15.4 Å². The Morgan fingerprint density at radius 3 is 2.33 bits per heavy atom. The maximum atomic E-state index is 11.5. The van der Waals surface area contributed by atoms with Gasteiger partial charge in [0, 0.05) is 6.54 Å². The molecule has 0 aliphatic heterocycles. The van der Waals surface area contributed by atoms with Crippen molar-refractivity contribution >= 4 is 17.9 Å². The van der Waals surface area contributed by atoms with Crippen LogP contribution in [0.1, 0.15) is 24.2 Å². The van der Waals surface area contributed by atoms with Crippen molar-refractivity contribution in [2.75, 3.05) is 13.2 Å². The summed E-state index contributed by atoms with van der Waals surface area (Å²) in [4.78, 5) is 33.4. The van der Waals surface area contributed by atoms with Gasteiger partial charge in [0.2, 0.25) is 0 Å². The van der Waals surface area contributed by atoms with Gasteiger partial charge in [0.1, 0.15) is 5.75 Å². The number of imide groups is 1. The van der Waals surface area contributed by atoms with E-state index in [1.807, 2.05) is 13.8 Å². The largest absolute Gasteiger partial charge is 0.484 e. The number of benzene rings is 1. The van der Waals surface area contributed by atoms with Crippen molar-refractivity contribution < 1.29 is 24.2 Å². The molecule has 0 bridgehead atoms. The highest BCUT2D eigenvalue weighted by Gasteiger charge is 2.09. The number of carbonyl (C=O) groups excluding carboxylic acids is 2. The number of carboxylic acid groups (broad SMARTS) is 1. The number of carboxylic acids is 1. The lowest BCUT2D eigenvalue weighted by Gasteiger charge is -2.09. The highest BCUT2D eigenvalue weighted by molar-refractivity contribution is 5.95. The van der Waals surface area contributed by atoms with Crippen molar-refractivity contribution in [2.24, 2.45) is 5.92 Å². The Hall–Kier alpha value is -2.57. The van der Waals surface area contributed by atoms with Crippen LogP contribution in [-0.4, -0.2) is 36.2 Å². The third-order valence-electron chi connectivity index (χ3n) is 2.40. The first-order chi connectivity index (χ1) is 9.88. The minimum atomic E-state index is -1.04. The molecule has 1 rings (SSSR count). The lowest BCUT2D eigenvalue weighted by molar-refractivity contribution is -0.122. The predicted octanol–water partition coefficient (Wildman–Crippen LogP) is 1.25. The van der Waals surface area contributed by atoms with Crippen LogP contribution in [0.5, 0.6) is 5.75 Å². The fourth-order valence-corrected chi connectivity index (χ4v) is 1.35. The van der Waals surface area contributed by atoms with E-state index in [1.54, 1.807) is 0 Å². The Bertz CT molecular complexity index is 511. The molecule has 21 heavy (non-hydrogen) atoms. The van der Waals surface area contributed by atoms with E-state index in [1.165, 1.54) is 24.3 Å². The summed E-state index contributed by atoms with van der Waals surface area (Å²) in [6, 6.07) is 5.04. The summed E-state index contributed by atoms with van der Waals surface area (Å²) in [6.07, 6.45) is 0. The molecule has 1 aromatic carbocycles. The number of urea groups is 1. The van der Waals surface area contributed by atoms with Gasteiger partial charge in [0.25, 0.3) is 5.91 Å². The van der Waals surface area contributed by atoms with Gasteiger partial charge in [-0.25, -0.2) is 9.59 Å². The Kier molecular flexibility index (Phi) is 6.19. The molecular formula is C14H18N2O5. The number of rotatable bonds is 6. The van der Waals surface area contributed by atoms with Crippen molar-refractivity contribution in [1.29, 1.82) is 0 Å². The molecule has 0 saturated heterocycles. The molecule has 0 fully saturated rings. The van der Waals surface area contributed by atoms with Crippen LogP contribution >= 0.6 is 0 Å². The maximum Gasteiger partial charge on any atom is 0.335 e. The fraction of sp³-hybridized carbons (Fsp3) is 0.357. The van der Waals surface area contributed by atoms with Crippen LogP contribution in [0.25, 0.3) is 0 Å². The van der Waals surface area contributed by atoms with Crippen molar-refractivity contribution in [3.63, 3.8) is 0 Å². The average molecular weight is 294 g/mol. The van der Waals surface area contributed by atoms with Crippen LogP contribution in [0, 0.1) is 5.92 Å². The lowest BCUT2D eigenvalue weighted by Crippen LogP contribution is -2.42. The SMILES string of the molecule is CC(C)CNC(=O)NC(=O)COc1ccc(C(=O)O)cc1. The van der Waals surface area contributed by atoms with Crippen LogP contribution in [0.3, 0.4) is 0 Å². The van der Waals surface area contributed by atoms with Gasteiger partial charge in [-0.05, 0) is 30.2 Å². The molecule has 3 N–H and O–H groups in total. The summed E-state index contributed by atoms with van der Waals surface area (Å²) in [5.41, 5.74) is 0.125. The monoisotopic (exact) mass is 294 g/mol. The van der Waals surface area contributed by atoms with Crippen LogP contribution in [0.2, 0.25) is 0 Å². The number of hydrogen-bond acceptors (Lipinski definition) is 4. The van der Waals surface area contributed by atoms with Gasteiger partial charge in [-0.3, -0.25) is 10.1 Å². The van der Waals surface area contributed by atoms with E-state index < -0.39 is 17.9 Å². The van der Waals surface area contributed by atoms with Crippen molar-refractivity contribution in [2.45, 2.75) is 13.8 Å². The first-order valence-electron chi connectivity index (χ1n) is 6.42. The summed E-state index contributed by atoms with van der Waals surface area (Å²) < 4.78 is 5.14. The quantitative estimate of drug-likeness (QED) is 0.732. The summed E-state index contributed by atoms with van der Waals surface area (Å²) in [7, 11) is 0. The van der Waals surface area contributed by atoms with Crippen molar-refractivity contribution in [1.82, 2.24) is 10.6 Å². The lowest BCUT2D eigenvalue weighted by atomic mass is 10.2. The van der Waals surface area contributed by atoms with Crippen molar-refractivity contribution in [3.05, 3.63) is 29.8 Å². The topological polar surface area (TPSA) is 105 Å². The molecule has 0 atom stereocenters. The molecule has 0 unspecified atom stereocenters. The molecule has 114 valence electrons. The molecule has 7 heteroatoms. The number of hydrogen-bond donors (Lipinski definition) is 3. The van der Waals surface area contributed by atoms with Crippen LogP contribution in [0.15, 0.2) is 24.3 Å². The number of ether oxygens (including phenoxy) is 1. The fourth-order valence-electron chi connectivity index (χ4n) is 1.35. The van der Waals surface area contributed by atoms with E-state index >= 15 is 0 Å². The highest BCUT2D eigenvalue weighted by Crippen LogP contribution is 2.11. The van der Waals surface area contributed by atoms with E-state index in [2.05, 4.69) is 10.6 Å². The summed E-state index contributed by atoms with van der Waals surface area (Å²) in [5.74, 6) is -0.993. The molecule has 0 radical (unpaired) electrons. The Balaban J connectivity index is 2.35. The maximum absolute atomic E-state index is 11.5. The van der Waals surface area contributed by atoms with Gasteiger partial charge < -0.3 is 15.2 Å². The molecule has 0 aliphatic carbocycles. The summed E-state index contributed by atoms with van der Waals surface area (Å²) >= 11 is 0. The molecule has 0 spiro atoms. The summed E-state index contributed by atoms with van der Waals surface area (Å²) in [5, 5.41) is 13.4. The van der Waals surface area contributed by atoms with E-state index in [-0.39, 0.29) is 18.1 Å². The minimum absolute atomic E-state index is 0.125. The van der Waals surface area contributed by atoms with Gasteiger partial charge in [0.15, 0.2) is 6.61 Å². The smallest absolute Gasteiger partial charge is 0.335 e. The zero-order chi connectivity index (χ0) is 15.8. The molecule has 7 nitrogen and oxygen atoms in total. The first-order valence-corrected chi connectivity index (χ1v) is 6.42. The third-order valence-corrected chi connectivity index (χ3v) is 2.40. The van der Waals surface area contributed by atoms with E-state index in [4.69, 9.17) is 9.84 Å². The number of aromatic carboxylic acids is 1. The molecule has 3 amide bonds. The second-order valence-electron chi connectivity index (χ2n) is 4.77. The van der Waals surface area contributed by atoms with E-state index in [9.17, 15) is 14.4 Å². The molecule has 0 saturated carbocycles. The normalized spacial score (nSPS) is 10.0. The van der Waals surface area contributed by atoms with E-state index in [0.717, 1.165) is 0 Å². The number of carbonyl (C=O) groups is 3. The second-order valence-corrected chi connectivity index (χ2v) is 4.77. The molecular weight excluding hydrogens is 276 g/mol. The Labute approximate surface area is 122 Å². The Morgan fingerprint density at radius 2 is 1.81 bits per heavy atom. The number of amides is 3. The van der Waals surface area contributed by atoms with Crippen molar-refractivity contribution in [3.8, 4) is 5.75 Å². The minimum Gasteiger partial charge on any atom is -0.484 e. The molecule has 1 aromatic rings. The van der Waals surface area contributed by atoms with E-state index in [0.29, 0.717) is 12.3 Å². The average Bonchev–Trinajstić information content (AvgIpc) is 2.43. The zero-order valence-electron chi connectivity index (χ0n) is 11.9. The van der Waals surface area contributed by atoms with Gasteiger partial charge in [-0.2, -0.15) is 0 Å². The van der Waals surface area contributed by atoms with Crippen LogP contribution in [0.4, 0.5) is 4.79 Å². The standard InChI is InChI=1S/C14H18N2O5/c1-9(2)7-15-14(20)16-12(17)8-21-11-5-3-10(4-6-11)13(18)19/h3-6,9H,7-8H2,1-2H3,(H,18,19)(H2,15,16,17,20). The summed E-state index contributed by atoms with van der Waals surface area (Å²) in [6.45, 7) is 4.01. The molecule has 0 heterocycles. The second kappa shape index (κ2) is 7.88. The number of nitrogens with one attached hydrogen (secondary N) is 2. The van der Waals surface area contributed by atoms with Gasteiger partial charge in [0.05, 0.1) is 5.56 Å². The van der Waals surface area contributed by atoms with Gasteiger partial charge >= 0.3 is 12.0 Å². The first kappa shape index (κ1) is 16.5.